The Morgan fingerprint density at radius 2 is 1.64 bits per heavy atom. The molecule has 4 aliphatic rings. The molecule has 3 aromatic rings. The van der Waals surface area contributed by atoms with Gasteiger partial charge in [0.05, 0.1) is 43.1 Å². The first-order valence-corrected chi connectivity index (χ1v) is 15.9. The van der Waals surface area contributed by atoms with Gasteiger partial charge in [0.2, 0.25) is 11.8 Å². The number of carbonyl (C=O) groups is 4. The van der Waals surface area contributed by atoms with Crippen molar-refractivity contribution in [3.63, 3.8) is 0 Å². The maximum Gasteiger partial charge on any atom is 0.260 e. The number of aromatic hydroxyl groups is 1. The number of rotatable bonds is 7. The molecule has 0 aromatic heterocycles. The van der Waals surface area contributed by atoms with E-state index >= 15 is 4.79 Å². The fourth-order valence-electron chi connectivity index (χ4n) is 8.60. The van der Waals surface area contributed by atoms with E-state index in [0.717, 1.165) is 16.1 Å². The van der Waals surface area contributed by atoms with E-state index in [1.54, 1.807) is 25.1 Å². The van der Waals surface area contributed by atoms with Crippen molar-refractivity contribution < 1.29 is 33.8 Å². The normalized spacial score (nSPS) is 28.1. The van der Waals surface area contributed by atoms with Crippen LogP contribution in [0.3, 0.4) is 0 Å². The Balaban J connectivity index is 1.50. The molecule has 2 aliphatic heterocycles. The van der Waals surface area contributed by atoms with Crippen molar-refractivity contribution in [3.05, 3.63) is 95.1 Å². The second-order valence-corrected chi connectivity index (χ2v) is 12.8. The number of aryl methyl sites for hydroxylation is 1. The van der Waals surface area contributed by atoms with Crippen molar-refractivity contribution in [2.75, 3.05) is 26.2 Å². The van der Waals surface area contributed by atoms with Crippen LogP contribution >= 0.6 is 0 Å². The van der Waals surface area contributed by atoms with Gasteiger partial charge < -0.3 is 14.6 Å². The number of imide groups is 2. The predicted molar refractivity (Wildman–Crippen MR) is 172 cm³/mol. The number of hydrogen-bond acceptors (Lipinski definition) is 8. The third kappa shape index (κ3) is 4.30. The highest BCUT2D eigenvalue weighted by Crippen LogP contribution is 2.66. The molecule has 0 bridgehead atoms. The predicted octanol–water partition coefficient (Wildman–Crippen LogP) is 4.72. The molecule has 7 rings (SSSR count). The van der Waals surface area contributed by atoms with Crippen LogP contribution in [0.25, 0.3) is 0 Å². The van der Waals surface area contributed by atoms with Crippen molar-refractivity contribution in [2.45, 2.75) is 38.0 Å². The second kappa shape index (κ2) is 11.3. The molecular formula is C37H37N3O7. The van der Waals surface area contributed by atoms with Gasteiger partial charge in [0, 0.05) is 30.2 Å². The van der Waals surface area contributed by atoms with Crippen LogP contribution in [0.15, 0.2) is 78.4 Å². The molecule has 10 heteroatoms. The number of ether oxygens (including phenoxy) is 2. The van der Waals surface area contributed by atoms with Gasteiger partial charge in [0.25, 0.3) is 11.8 Å². The number of nitrogens with zero attached hydrogens (tertiary/aromatic N) is 2. The number of phenolic OH excluding ortho intramolecular Hbond substituents is 1. The van der Waals surface area contributed by atoms with Crippen LogP contribution in [0, 0.1) is 30.6 Å². The lowest BCUT2D eigenvalue weighted by Gasteiger charge is -2.50. The molecule has 1 saturated carbocycles. The number of methoxy groups -OCH3 is 2. The summed E-state index contributed by atoms with van der Waals surface area (Å²) in [4.78, 5) is 58.5. The highest BCUT2D eigenvalue weighted by atomic mass is 16.5. The van der Waals surface area contributed by atoms with E-state index < -0.39 is 46.8 Å². The van der Waals surface area contributed by atoms with Crippen molar-refractivity contribution >= 4 is 29.3 Å². The van der Waals surface area contributed by atoms with Gasteiger partial charge in [-0.05, 0) is 50.3 Å². The number of hydrogen-bond donors (Lipinski definition) is 2. The topological polar surface area (TPSA) is 125 Å². The van der Waals surface area contributed by atoms with Crippen LogP contribution in [0.2, 0.25) is 0 Å². The van der Waals surface area contributed by atoms with Gasteiger partial charge in [0.15, 0.2) is 0 Å². The van der Waals surface area contributed by atoms with E-state index in [2.05, 4.69) is 5.43 Å². The fourth-order valence-corrected chi connectivity index (χ4v) is 8.60. The van der Waals surface area contributed by atoms with Crippen LogP contribution in [0.1, 0.15) is 42.4 Å². The van der Waals surface area contributed by atoms with E-state index in [4.69, 9.17) is 9.47 Å². The highest BCUT2D eigenvalue weighted by molar-refractivity contribution is 6.13. The van der Waals surface area contributed by atoms with Gasteiger partial charge in [-0.1, -0.05) is 59.7 Å². The standard InChI is InChI=1S/C37H37N3O7/c1-5-39-33(42)25-16-15-24-26(30(25)35(39)44)19-27-34(43)40(38-22-13-11-20(2)12-14-22)36(45)37(27,21-9-7-6-8-10-21)32(24)31-28(41)17-23(46-3)18-29(31)47-4/h6-15,17-18,25-27,30,32,38,41H,5,16,19H2,1-4H3/t25-,26+,27-,30-,32+,37+/m0/s1. The molecule has 3 fully saturated rings. The molecule has 2 saturated heterocycles. The average molecular weight is 636 g/mol. The van der Waals surface area contributed by atoms with E-state index in [0.29, 0.717) is 29.0 Å². The largest absolute Gasteiger partial charge is 0.507 e. The molecule has 47 heavy (non-hydrogen) atoms. The molecule has 6 atom stereocenters. The number of phenols is 1. The van der Waals surface area contributed by atoms with Crippen molar-refractivity contribution in [1.29, 1.82) is 0 Å². The maximum absolute atomic E-state index is 15.2. The summed E-state index contributed by atoms with van der Waals surface area (Å²) in [5.41, 5.74) is 4.80. The third-order valence-electron chi connectivity index (χ3n) is 10.6. The summed E-state index contributed by atoms with van der Waals surface area (Å²) in [6.45, 7) is 3.98. The first-order chi connectivity index (χ1) is 22.7. The zero-order valence-corrected chi connectivity index (χ0v) is 26.7. The van der Waals surface area contributed by atoms with Crippen LogP contribution < -0.4 is 14.9 Å². The average Bonchev–Trinajstić information content (AvgIpc) is 3.46. The van der Waals surface area contributed by atoms with Crippen molar-refractivity contribution in [2.24, 2.45) is 23.7 Å². The lowest BCUT2D eigenvalue weighted by atomic mass is 9.49. The van der Waals surface area contributed by atoms with E-state index in [1.165, 1.54) is 25.2 Å². The van der Waals surface area contributed by atoms with Gasteiger partial charge in [0.1, 0.15) is 17.2 Å². The molecule has 242 valence electrons. The molecular weight excluding hydrogens is 598 g/mol. The van der Waals surface area contributed by atoms with Crippen LogP contribution in [-0.2, 0) is 24.6 Å². The monoisotopic (exact) mass is 635 g/mol. The number of nitrogens with one attached hydrogen (secondary N) is 1. The van der Waals surface area contributed by atoms with Gasteiger partial charge in [-0.2, -0.15) is 5.01 Å². The zero-order valence-electron chi connectivity index (χ0n) is 26.7. The summed E-state index contributed by atoms with van der Waals surface area (Å²) < 4.78 is 11.3. The van der Waals surface area contributed by atoms with Crippen molar-refractivity contribution in [1.82, 2.24) is 9.91 Å². The number of anilines is 1. The molecule has 2 aliphatic carbocycles. The number of amides is 4. The minimum atomic E-state index is -1.53. The number of hydrazine groups is 1. The summed E-state index contributed by atoms with van der Waals surface area (Å²) in [7, 11) is 2.95. The number of carbonyl (C=O) groups excluding carboxylic acids is 4. The van der Waals surface area contributed by atoms with Gasteiger partial charge in [-0.3, -0.25) is 29.5 Å². The molecule has 0 unspecified atom stereocenters. The van der Waals surface area contributed by atoms with E-state index in [1.807, 2.05) is 55.5 Å². The quantitative estimate of drug-likeness (QED) is 0.282. The van der Waals surface area contributed by atoms with E-state index in [9.17, 15) is 19.5 Å². The second-order valence-electron chi connectivity index (χ2n) is 12.8. The first kappa shape index (κ1) is 30.5. The Labute approximate surface area is 272 Å². The Bertz CT molecular complexity index is 1820. The SMILES string of the molecule is CCN1C(=O)[C@H]2[C@H](CC=C3[C@H]2C[C@H]2C(=O)N(Nc4ccc(C)cc4)C(=O)[C@@]2(c2ccccc2)[C@H]3c2c(O)cc(OC)cc2OC)C1=O. The fraction of sp³-hybridized carbons (Fsp3) is 0.351. The Morgan fingerprint density at radius 1 is 0.915 bits per heavy atom. The summed E-state index contributed by atoms with van der Waals surface area (Å²) in [6, 6.07) is 19.7. The van der Waals surface area contributed by atoms with Crippen LogP contribution in [0.4, 0.5) is 5.69 Å². The lowest BCUT2D eigenvalue weighted by Crippen LogP contribution is -2.53. The zero-order chi connectivity index (χ0) is 33.2. The highest BCUT2D eigenvalue weighted by Gasteiger charge is 2.71. The van der Waals surface area contributed by atoms with Crippen LogP contribution in [0.5, 0.6) is 17.2 Å². The molecule has 10 nitrogen and oxygen atoms in total. The molecule has 4 amide bonds. The summed E-state index contributed by atoms with van der Waals surface area (Å²) >= 11 is 0. The summed E-state index contributed by atoms with van der Waals surface area (Å²) in [5.74, 6) is -4.57. The smallest absolute Gasteiger partial charge is 0.260 e. The molecule has 0 radical (unpaired) electrons. The number of allylic oxidation sites excluding steroid dienone is 2. The lowest BCUT2D eigenvalue weighted by molar-refractivity contribution is -0.141. The number of benzene rings is 3. The van der Waals surface area contributed by atoms with Crippen LogP contribution in [-0.4, -0.2) is 59.4 Å². The molecule has 0 spiro atoms. The van der Waals surface area contributed by atoms with Crippen molar-refractivity contribution in [3.8, 4) is 17.2 Å². The van der Waals surface area contributed by atoms with Gasteiger partial charge in [-0.15, -0.1) is 0 Å². The molecule has 2 heterocycles. The maximum atomic E-state index is 15.2. The first-order valence-electron chi connectivity index (χ1n) is 15.9. The third-order valence-corrected chi connectivity index (χ3v) is 10.6. The number of fused-ring (bicyclic) bond motifs is 4. The summed E-state index contributed by atoms with van der Waals surface area (Å²) in [5, 5.41) is 12.9. The Morgan fingerprint density at radius 3 is 2.30 bits per heavy atom. The Kier molecular flexibility index (Phi) is 7.33. The number of likely N-dealkylation sites (tertiary alicyclic amines) is 1. The minimum Gasteiger partial charge on any atom is -0.507 e. The molecule has 3 aromatic carbocycles. The van der Waals surface area contributed by atoms with Gasteiger partial charge >= 0.3 is 0 Å². The molecule has 2 N–H and O–H groups in total. The van der Waals surface area contributed by atoms with Gasteiger partial charge in [-0.25, -0.2) is 0 Å². The van der Waals surface area contributed by atoms with E-state index in [-0.39, 0.29) is 36.3 Å². The summed E-state index contributed by atoms with van der Waals surface area (Å²) in [6.07, 6.45) is 2.43. The minimum absolute atomic E-state index is 0.168. The Hall–Kier alpha value is -5.12.